The number of dihydropyridines is 1. The van der Waals surface area contributed by atoms with Crippen molar-refractivity contribution in [1.82, 2.24) is 15.5 Å². The van der Waals surface area contributed by atoms with Gasteiger partial charge in [0.15, 0.2) is 0 Å². The van der Waals surface area contributed by atoms with Gasteiger partial charge in [0.05, 0.1) is 0 Å². The number of piperidine rings is 1. The molecule has 2 amide bonds. The highest BCUT2D eigenvalue weighted by Gasteiger charge is 2.33. The van der Waals surface area contributed by atoms with Gasteiger partial charge in [-0.25, -0.2) is 0 Å². The third-order valence-electron chi connectivity index (χ3n) is 5.35. The van der Waals surface area contributed by atoms with Crippen molar-refractivity contribution < 1.29 is 9.59 Å². The van der Waals surface area contributed by atoms with Gasteiger partial charge in [-0.1, -0.05) is 18.9 Å². The minimum absolute atomic E-state index is 0.196. The van der Waals surface area contributed by atoms with Crippen LogP contribution in [0.15, 0.2) is 23.9 Å². The summed E-state index contributed by atoms with van der Waals surface area (Å²) in [6.07, 6.45) is 12.4. The number of nitrogens with two attached hydrogens (primary N) is 1. The molecule has 1 atom stereocenters. The van der Waals surface area contributed by atoms with Crippen LogP contribution in [0.1, 0.15) is 44.9 Å². The number of carbonyl (C=O) groups excluding carboxylic acids is 2. The number of carbonyl (C=O) groups is 2. The molecule has 24 heavy (non-hydrogen) atoms. The number of amides is 2. The van der Waals surface area contributed by atoms with Crippen LogP contribution in [0.2, 0.25) is 0 Å². The first-order chi connectivity index (χ1) is 11.6. The van der Waals surface area contributed by atoms with Crippen molar-refractivity contribution in [3.05, 3.63) is 23.9 Å². The number of hydrogen-bond acceptors (Lipinski definition) is 4. The van der Waals surface area contributed by atoms with Crippen LogP contribution >= 0.6 is 0 Å². The molecule has 0 radical (unpaired) electrons. The van der Waals surface area contributed by atoms with Gasteiger partial charge in [0, 0.05) is 12.5 Å². The Hall–Kier alpha value is -1.82. The quantitative estimate of drug-likeness (QED) is 0.701. The van der Waals surface area contributed by atoms with Gasteiger partial charge >= 0.3 is 0 Å². The Bertz CT molecular complexity index is 531. The summed E-state index contributed by atoms with van der Waals surface area (Å²) in [6.45, 7) is 1.85. The number of hydrogen-bond donors (Lipinski definition) is 3. The Morgan fingerprint density at radius 1 is 1.17 bits per heavy atom. The van der Waals surface area contributed by atoms with E-state index in [9.17, 15) is 9.59 Å². The molecular weight excluding hydrogens is 304 g/mol. The monoisotopic (exact) mass is 332 g/mol. The molecule has 132 valence electrons. The summed E-state index contributed by atoms with van der Waals surface area (Å²) < 4.78 is 0. The smallest absolute Gasteiger partial charge is 0.264 e. The fraction of sp³-hybridized carbons (Fsp3) is 0.667. The average molecular weight is 332 g/mol. The largest absolute Gasteiger partial charge is 0.364 e. The second-order valence-corrected chi connectivity index (χ2v) is 7.06. The molecule has 0 aromatic heterocycles. The Labute approximate surface area is 143 Å². The molecule has 6 heteroatoms. The first-order valence-corrected chi connectivity index (χ1v) is 9.12. The van der Waals surface area contributed by atoms with Gasteiger partial charge in [0.25, 0.3) is 5.91 Å². The number of allylic oxidation sites excluding steroid dienone is 2. The zero-order valence-electron chi connectivity index (χ0n) is 14.2. The van der Waals surface area contributed by atoms with Crippen LogP contribution < -0.4 is 16.4 Å². The predicted octanol–water partition coefficient (Wildman–Crippen LogP) is 1.00. The van der Waals surface area contributed by atoms with Crippen LogP contribution in [0, 0.1) is 5.92 Å². The van der Waals surface area contributed by atoms with Gasteiger partial charge in [-0.3, -0.25) is 9.59 Å². The molecule has 2 aliphatic heterocycles. The van der Waals surface area contributed by atoms with Gasteiger partial charge in [-0.15, -0.1) is 0 Å². The second-order valence-electron chi connectivity index (χ2n) is 7.06. The minimum Gasteiger partial charge on any atom is -0.364 e. The molecule has 2 heterocycles. The van der Waals surface area contributed by atoms with Gasteiger partial charge in [-0.2, -0.15) is 0 Å². The summed E-state index contributed by atoms with van der Waals surface area (Å²) in [5.41, 5.74) is 5.77. The van der Waals surface area contributed by atoms with Crippen molar-refractivity contribution >= 4 is 11.8 Å². The Morgan fingerprint density at radius 2 is 1.88 bits per heavy atom. The number of nitrogens with zero attached hydrogens (tertiary/aromatic N) is 1. The standard InChI is InChI=1S/C18H28N4O2/c19-18(24)15-6-3-7-16(21-15)22(14-8-10-20-11-9-14)17(23)12-13-4-1-2-5-13/h3,6-7,13-14,16,20-21H,1-2,4-5,8-12H2,(H2,19,24). The fourth-order valence-electron chi connectivity index (χ4n) is 4.07. The Morgan fingerprint density at radius 3 is 2.54 bits per heavy atom. The molecule has 6 nitrogen and oxygen atoms in total. The van der Waals surface area contributed by atoms with E-state index in [0.717, 1.165) is 38.8 Å². The van der Waals surface area contributed by atoms with Crippen molar-refractivity contribution in [2.75, 3.05) is 13.1 Å². The third kappa shape index (κ3) is 3.98. The summed E-state index contributed by atoms with van der Waals surface area (Å²) in [5.74, 6) is 0.222. The average Bonchev–Trinajstić information content (AvgIpc) is 3.09. The molecule has 0 bridgehead atoms. The molecule has 3 aliphatic rings. The van der Waals surface area contributed by atoms with Gasteiger partial charge in [-0.05, 0) is 56.8 Å². The molecule has 4 N–H and O–H groups in total. The molecule has 1 saturated heterocycles. The fourth-order valence-corrected chi connectivity index (χ4v) is 4.07. The van der Waals surface area contributed by atoms with Crippen molar-refractivity contribution in [3.63, 3.8) is 0 Å². The first-order valence-electron chi connectivity index (χ1n) is 9.12. The molecule has 3 rings (SSSR count). The van der Waals surface area contributed by atoms with Crippen LogP contribution in [0.25, 0.3) is 0 Å². The zero-order valence-corrected chi connectivity index (χ0v) is 14.2. The van der Waals surface area contributed by atoms with Gasteiger partial charge < -0.3 is 21.3 Å². The molecule has 1 aliphatic carbocycles. The van der Waals surface area contributed by atoms with Crippen LogP contribution in [0.5, 0.6) is 0 Å². The highest BCUT2D eigenvalue weighted by molar-refractivity contribution is 5.92. The Balaban J connectivity index is 1.74. The molecule has 0 spiro atoms. The number of primary amides is 1. The first kappa shape index (κ1) is 17.0. The van der Waals surface area contributed by atoms with E-state index in [1.54, 1.807) is 6.08 Å². The summed E-state index contributed by atoms with van der Waals surface area (Å²) in [5, 5.41) is 6.49. The van der Waals surface area contributed by atoms with E-state index in [1.165, 1.54) is 12.8 Å². The zero-order chi connectivity index (χ0) is 16.9. The maximum atomic E-state index is 13.1. The topological polar surface area (TPSA) is 87.5 Å². The lowest BCUT2D eigenvalue weighted by Gasteiger charge is -2.41. The molecule has 1 unspecified atom stereocenters. The molecule has 0 aromatic rings. The van der Waals surface area contributed by atoms with Crippen molar-refractivity contribution in [3.8, 4) is 0 Å². The minimum atomic E-state index is -0.488. The van der Waals surface area contributed by atoms with Crippen LogP contribution in [0.4, 0.5) is 0 Å². The lowest BCUT2D eigenvalue weighted by atomic mass is 9.99. The highest BCUT2D eigenvalue weighted by atomic mass is 16.2. The van der Waals surface area contributed by atoms with Crippen LogP contribution in [-0.4, -0.2) is 42.0 Å². The summed E-state index contributed by atoms with van der Waals surface area (Å²) >= 11 is 0. The molecular formula is C18H28N4O2. The Kier molecular flexibility index (Phi) is 5.56. The van der Waals surface area contributed by atoms with E-state index in [-0.39, 0.29) is 18.1 Å². The highest BCUT2D eigenvalue weighted by Crippen LogP contribution is 2.29. The van der Waals surface area contributed by atoms with E-state index in [1.807, 2.05) is 17.1 Å². The maximum absolute atomic E-state index is 13.1. The predicted molar refractivity (Wildman–Crippen MR) is 92.7 cm³/mol. The van der Waals surface area contributed by atoms with Gasteiger partial charge in [0.1, 0.15) is 11.9 Å². The van der Waals surface area contributed by atoms with Crippen LogP contribution in [-0.2, 0) is 9.59 Å². The lowest BCUT2D eigenvalue weighted by molar-refractivity contribution is -0.137. The van der Waals surface area contributed by atoms with E-state index in [4.69, 9.17) is 5.73 Å². The molecule has 0 aromatic carbocycles. The normalized spacial score (nSPS) is 25.2. The molecule has 2 fully saturated rings. The second kappa shape index (κ2) is 7.83. The number of nitrogens with one attached hydrogen (secondary N) is 2. The van der Waals surface area contributed by atoms with E-state index < -0.39 is 5.91 Å². The summed E-state index contributed by atoms with van der Waals surface area (Å²) in [6, 6.07) is 0.203. The van der Waals surface area contributed by atoms with E-state index in [2.05, 4.69) is 10.6 Å². The summed E-state index contributed by atoms with van der Waals surface area (Å²) in [7, 11) is 0. The van der Waals surface area contributed by atoms with Crippen molar-refractivity contribution in [2.24, 2.45) is 11.7 Å². The molecule has 1 saturated carbocycles. The maximum Gasteiger partial charge on any atom is 0.264 e. The van der Waals surface area contributed by atoms with Crippen molar-refractivity contribution in [2.45, 2.75) is 57.2 Å². The SMILES string of the molecule is NC(=O)C1=CC=CC(N(C(=O)CC2CCCC2)C2CCNCC2)N1. The lowest BCUT2D eigenvalue weighted by Crippen LogP contribution is -2.56. The van der Waals surface area contributed by atoms with E-state index >= 15 is 0 Å². The van der Waals surface area contributed by atoms with E-state index in [0.29, 0.717) is 18.0 Å². The third-order valence-corrected chi connectivity index (χ3v) is 5.35. The summed E-state index contributed by atoms with van der Waals surface area (Å²) in [4.78, 5) is 26.5. The van der Waals surface area contributed by atoms with Crippen molar-refractivity contribution in [1.29, 1.82) is 0 Å². The van der Waals surface area contributed by atoms with Crippen LogP contribution in [0.3, 0.4) is 0 Å². The van der Waals surface area contributed by atoms with Gasteiger partial charge in [0.2, 0.25) is 5.91 Å². The number of rotatable bonds is 5.